The first kappa shape index (κ1) is 17.4. The number of aromatic nitrogens is 1. The van der Waals surface area contributed by atoms with Crippen molar-refractivity contribution in [2.75, 3.05) is 18.5 Å². The molecule has 5 heteroatoms. The zero-order valence-corrected chi connectivity index (χ0v) is 13.4. The maximum atomic E-state index is 12.3. The number of nitrogens with one attached hydrogen (secondary N) is 1. The van der Waals surface area contributed by atoms with Crippen LogP contribution < -0.4 is 10.1 Å². The minimum absolute atomic E-state index is 0.159. The largest absolute Gasteiger partial charge is 0.478 e. The van der Waals surface area contributed by atoms with E-state index >= 15 is 0 Å². The lowest BCUT2D eigenvalue weighted by atomic mass is 10.0. The number of anilines is 1. The SMILES string of the molecule is CCCCOc1ccc(NC(=O)[C@](C)(CC)OCC)cn1. The summed E-state index contributed by atoms with van der Waals surface area (Å²) in [4.78, 5) is 16.4. The number of carbonyl (C=O) groups excluding carboxylic acids is 1. The molecule has 0 aliphatic carbocycles. The summed E-state index contributed by atoms with van der Waals surface area (Å²) in [5.74, 6) is 0.415. The number of unbranched alkanes of at least 4 members (excludes halogenated alkanes) is 1. The van der Waals surface area contributed by atoms with Gasteiger partial charge in [0.25, 0.3) is 5.91 Å². The van der Waals surface area contributed by atoms with Crippen LogP contribution in [-0.2, 0) is 9.53 Å². The van der Waals surface area contributed by atoms with Crippen molar-refractivity contribution in [1.82, 2.24) is 4.98 Å². The van der Waals surface area contributed by atoms with Gasteiger partial charge in [0.05, 0.1) is 18.5 Å². The Morgan fingerprint density at radius 3 is 2.62 bits per heavy atom. The van der Waals surface area contributed by atoms with Gasteiger partial charge in [-0.2, -0.15) is 0 Å². The highest BCUT2D eigenvalue weighted by molar-refractivity contribution is 5.96. The molecule has 1 heterocycles. The van der Waals surface area contributed by atoms with Crippen LogP contribution in [0, 0.1) is 0 Å². The lowest BCUT2D eigenvalue weighted by Crippen LogP contribution is -2.42. The smallest absolute Gasteiger partial charge is 0.256 e. The summed E-state index contributed by atoms with van der Waals surface area (Å²) in [6.07, 6.45) is 4.30. The molecular weight excluding hydrogens is 268 g/mol. The Morgan fingerprint density at radius 2 is 2.10 bits per heavy atom. The van der Waals surface area contributed by atoms with Crippen LogP contribution in [0.15, 0.2) is 18.3 Å². The van der Waals surface area contributed by atoms with E-state index in [0.717, 1.165) is 12.8 Å². The third-order valence-corrected chi connectivity index (χ3v) is 3.36. The molecule has 0 fully saturated rings. The summed E-state index contributed by atoms with van der Waals surface area (Å²) < 4.78 is 11.0. The number of hydrogen-bond donors (Lipinski definition) is 1. The number of pyridine rings is 1. The van der Waals surface area contributed by atoms with Crippen molar-refractivity contribution in [1.29, 1.82) is 0 Å². The lowest BCUT2D eigenvalue weighted by Gasteiger charge is -2.26. The fourth-order valence-electron chi connectivity index (χ4n) is 1.77. The minimum atomic E-state index is -0.814. The second kappa shape index (κ2) is 8.62. The summed E-state index contributed by atoms with van der Waals surface area (Å²) in [6, 6.07) is 3.55. The molecule has 1 rings (SSSR count). The van der Waals surface area contributed by atoms with Crippen LogP contribution in [0.25, 0.3) is 0 Å². The van der Waals surface area contributed by atoms with Gasteiger partial charge < -0.3 is 14.8 Å². The Bertz CT molecular complexity index is 434. The fourth-order valence-corrected chi connectivity index (χ4v) is 1.77. The number of amides is 1. The van der Waals surface area contributed by atoms with E-state index in [-0.39, 0.29) is 5.91 Å². The van der Waals surface area contributed by atoms with Gasteiger partial charge in [0.1, 0.15) is 5.60 Å². The van der Waals surface area contributed by atoms with Crippen molar-refractivity contribution >= 4 is 11.6 Å². The molecule has 0 saturated carbocycles. The molecule has 0 spiro atoms. The van der Waals surface area contributed by atoms with Crippen molar-refractivity contribution in [3.8, 4) is 5.88 Å². The Hall–Kier alpha value is -1.62. The molecule has 0 unspecified atom stereocenters. The molecule has 0 aliphatic heterocycles. The average molecular weight is 294 g/mol. The quantitative estimate of drug-likeness (QED) is 0.709. The van der Waals surface area contributed by atoms with E-state index in [1.54, 1.807) is 25.3 Å². The molecule has 21 heavy (non-hydrogen) atoms. The van der Waals surface area contributed by atoms with Crippen molar-refractivity contribution in [3.63, 3.8) is 0 Å². The van der Waals surface area contributed by atoms with Crippen LogP contribution in [-0.4, -0.2) is 29.7 Å². The molecule has 1 N–H and O–H groups in total. The van der Waals surface area contributed by atoms with Gasteiger partial charge in [0, 0.05) is 12.7 Å². The highest BCUT2D eigenvalue weighted by Crippen LogP contribution is 2.19. The molecule has 0 aliphatic rings. The first-order valence-corrected chi connectivity index (χ1v) is 7.60. The van der Waals surface area contributed by atoms with Gasteiger partial charge in [0.15, 0.2) is 0 Å². The van der Waals surface area contributed by atoms with Crippen LogP contribution >= 0.6 is 0 Å². The molecule has 0 bridgehead atoms. The van der Waals surface area contributed by atoms with Gasteiger partial charge >= 0.3 is 0 Å². The monoisotopic (exact) mass is 294 g/mol. The van der Waals surface area contributed by atoms with Crippen molar-refractivity contribution in [2.45, 2.75) is 52.6 Å². The predicted octanol–water partition coefficient (Wildman–Crippen LogP) is 3.40. The second-order valence-corrected chi connectivity index (χ2v) is 5.06. The maximum Gasteiger partial charge on any atom is 0.256 e. The summed E-state index contributed by atoms with van der Waals surface area (Å²) in [5.41, 5.74) is -0.173. The van der Waals surface area contributed by atoms with Crippen LogP contribution in [0.2, 0.25) is 0 Å². The van der Waals surface area contributed by atoms with Gasteiger partial charge in [-0.3, -0.25) is 4.79 Å². The number of nitrogens with zero attached hydrogens (tertiary/aromatic N) is 1. The molecule has 1 aromatic rings. The van der Waals surface area contributed by atoms with Crippen LogP contribution in [0.1, 0.15) is 47.0 Å². The molecular formula is C16H26N2O3. The fraction of sp³-hybridized carbons (Fsp3) is 0.625. The molecule has 1 atom stereocenters. The zero-order valence-electron chi connectivity index (χ0n) is 13.4. The summed E-state index contributed by atoms with van der Waals surface area (Å²) in [7, 11) is 0. The molecule has 0 saturated heterocycles. The minimum Gasteiger partial charge on any atom is -0.478 e. The van der Waals surface area contributed by atoms with Gasteiger partial charge in [0.2, 0.25) is 5.88 Å². The van der Waals surface area contributed by atoms with Crippen molar-refractivity contribution in [3.05, 3.63) is 18.3 Å². The number of ether oxygens (including phenoxy) is 2. The van der Waals surface area contributed by atoms with E-state index in [2.05, 4.69) is 17.2 Å². The standard InChI is InChI=1S/C16H26N2O3/c1-5-8-11-20-14-10-9-13(12-17-14)18-15(19)16(4,6-2)21-7-3/h9-10,12H,5-8,11H2,1-4H3,(H,18,19)/t16-/m0/s1. The normalized spacial score (nSPS) is 13.5. The second-order valence-electron chi connectivity index (χ2n) is 5.06. The van der Waals surface area contributed by atoms with Gasteiger partial charge in [-0.15, -0.1) is 0 Å². The average Bonchev–Trinajstić information content (AvgIpc) is 2.49. The van der Waals surface area contributed by atoms with E-state index in [4.69, 9.17) is 9.47 Å². The van der Waals surface area contributed by atoms with E-state index < -0.39 is 5.60 Å². The molecule has 1 amide bonds. The van der Waals surface area contributed by atoms with E-state index in [0.29, 0.717) is 31.2 Å². The summed E-state index contributed by atoms with van der Waals surface area (Å²) >= 11 is 0. The predicted molar refractivity (Wildman–Crippen MR) is 83.6 cm³/mol. The van der Waals surface area contributed by atoms with Crippen LogP contribution in [0.4, 0.5) is 5.69 Å². The van der Waals surface area contributed by atoms with E-state index in [9.17, 15) is 4.79 Å². The highest BCUT2D eigenvalue weighted by Gasteiger charge is 2.31. The van der Waals surface area contributed by atoms with E-state index in [1.807, 2.05) is 13.8 Å². The number of hydrogen-bond acceptors (Lipinski definition) is 4. The third-order valence-electron chi connectivity index (χ3n) is 3.36. The Kier molecular flexibility index (Phi) is 7.15. The topological polar surface area (TPSA) is 60.5 Å². The van der Waals surface area contributed by atoms with Crippen molar-refractivity contribution < 1.29 is 14.3 Å². The van der Waals surface area contributed by atoms with E-state index in [1.165, 1.54) is 0 Å². The first-order valence-electron chi connectivity index (χ1n) is 7.60. The summed E-state index contributed by atoms with van der Waals surface area (Å²) in [5, 5.41) is 2.83. The van der Waals surface area contributed by atoms with Crippen LogP contribution in [0.5, 0.6) is 5.88 Å². The maximum absolute atomic E-state index is 12.3. The molecule has 1 aromatic heterocycles. The Balaban J connectivity index is 2.60. The zero-order chi connectivity index (χ0) is 15.7. The highest BCUT2D eigenvalue weighted by atomic mass is 16.5. The van der Waals surface area contributed by atoms with Gasteiger partial charge in [-0.25, -0.2) is 4.98 Å². The Morgan fingerprint density at radius 1 is 1.33 bits per heavy atom. The molecule has 0 aromatic carbocycles. The van der Waals surface area contributed by atoms with Crippen molar-refractivity contribution in [2.24, 2.45) is 0 Å². The van der Waals surface area contributed by atoms with Crippen LogP contribution in [0.3, 0.4) is 0 Å². The lowest BCUT2D eigenvalue weighted by molar-refractivity contribution is -0.139. The molecule has 118 valence electrons. The molecule has 0 radical (unpaired) electrons. The van der Waals surface area contributed by atoms with Gasteiger partial charge in [-0.1, -0.05) is 20.3 Å². The first-order chi connectivity index (χ1) is 10.1. The Labute approximate surface area is 127 Å². The third kappa shape index (κ3) is 5.34. The number of carbonyl (C=O) groups is 1. The molecule has 5 nitrogen and oxygen atoms in total. The van der Waals surface area contributed by atoms with Gasteiger partial charge in [-0.05, 0) is 32.8 Å². The number of rotatable bonds is 9. The summed E-state index contributed by atoms with van der Waals surface area (Å²) in [6.45, 7) is 8.87.